The van der Waals surface area contributed by atoms with Gasteiger partial charge in [-0.1, -0.05) is 6.07 Å². The molecule has 0 fully saturated rings. The summed E-state index contributed by atoms with van der Waals surface area (Å²) in [5.74, 6) is 0.359. The highest BCUT2D eigenvalue weighted by Gasteiger charge is 2.35. The second kappa shape index (κ2) is 5.17. The van der Waals surface area contributed by atoms with Crippen LogP contribution in [0.3, 0.4) is 0 Å². The lowest BCUT2D eigenvalue weighted by Gasteiger charge is -2.13. The molecule has 0 aliphatic heterocycles. The van der Waals surface area contributed by atoms with Crippen molar-refractivity contribution < 1.29 is 13.2 Å². The van der Waals surface area contributed by atoms with E-state index in [1.807, 2.05) is 0 Å². The van der Waals surface area contributed by atoms with Crippen molar-refractivity contribution in [3.05, 3.63) is 42.4 Å². The zero-order valence-corrected chi connectivity index (χ0v) is 11.4. The summed E-state index contributed by atoms with van der Waals surface area (Å²) in [6, 6.07) is 5.32. The van der Waals surface area contributed by atoms with Gasteiger partial charge in [-0.05, 0) is 12.1 Å². The molecule has 0 amide bonds. The number of fused-ring (bicyclic) bond motifs is 1. The quantitative estimate of drug-likeness (QED) is 0.778. The van der Waals surface area contributed by atoms with Gasteiger partial charge in [-0.25, -0.2) is 9.97 Å². The van der Waals surface area contributed by atoms with Crippen LogP contribution in [-0.2, 0) is 6.18 Å². The minimum atomic E-state index is -4.51. The van der Waals surface area contributed by atoms with Crippen LogP contribution in [0.5, 0.6) is 0 Å². The molecule has 0 unspecified atom stereocenters. The van der Waals surface area contributed by atoms with Gasteiger partial charge in [0.15, 0.2) is 0 Å². The van der Waals surface area contributed by atoms with E-state index in [0.717, 1.165) is 6.20 Å². The highest BCUT2D eigenvalue weighted by molar-refractivity contribution is 5.57. The van der Waals surface area contributed by atoms with Crippen LogP contribution in [0.1, 0.15) is 5.56 Å². The molecule has 0 radical (unpaired) electrons. The number of pyridine rings is 1. The van der Waals surface area contributed by atoms with Crippen molar-refractivity contribution in [3.63, 3.8) is 0 Å². The molecule has 9 heteroatoms. The van der Waals surface area contributed by atoms with Gasteiger partial charge in [0.2, 0.25) is 5.95 Å². The minimum Gasteiger partial charge on any atom is -0.372 e. The number of imidazole rings is 1. The second-order valence-corrected chi connectivity index (χ2v) is 4.40. The summed E-state index contributed by atoms with van der Waals surface area (Å²) in [5.41, 5.74) is -0.216. The fourth-order valence-corrected chi connectivity index (χ4v) is 2.00. The predicted molar refractivity (Wildman–Crippen MR) is 75.1 cm³/mol. The lowest BCUT2D eigenvalue weighted by molar-refractivity contribution is -0.137. The van der Waals surface area contributed by atoms with Gasteiger partial charge in [-0.2, -0.15) is 18.2 Å². The van der Waals surface area contributed by atoms with Crippen LogP contribution in [0, 0.1) is 0 Å². The monoisotopic (exact) mass is 308 g/mol. The molecule has 3 aromatic heterocycles. The largest absolute Gasteiger partial charge is 0.421 e. The summed E-state index contributed by atoms with van der Waals surface area (Å²) in [5, 5.41) is 5.31. The van der Waals surface area contributed by atoms with Crippen LogP contribution < -0.4 is 10.6 Å². The SMILES string of the molecule is CNc1nc(Nc2cccc3nccn23)ncc1C(F)(F)F. The number of alkyl halides is 3. The number of hydrogen-bond donors (Lipinski definition) is 2. The van der Waals surface area contributed by atoms with E-state index in [9.17, 15) is 13.2 Å². The van der Waals surface area contributed by atoms with Crippen molar-refractivity contribution in [2.75, 3.05) is 17.7 Å². The lowest BCUT2D eigenvalue weighted by Crippen LogP contribution is -2.13. The van der Waals surface area contributed by atoms with E-state index < -0.39 is 11.7 Å². The van der Waals surface area contributed by atoms with Crippen LogP contribution in [0.4, 0.5) is 30.8 Å². The molecule has 3 aromatic rings. The van der Waals surface area contributed by atoms with Crippen LogP contribution in [0.2, 0.25) is 0 Å². The molecule has 2 N–H and O–H groups in total. The maximum Gasteiger partial charge on any atom is 0.421 e. The van der Waals surface area contributed by atoms with Crippen molar-refractivity contribution in [2.45, 2.75) is 6.18 Å². The van der Waals surface area contributed by atoms with Gasteiger partial charge in [0.1, 0.15) is 22.8 Å². The number of halogens is 3. The molecule has 6 nitrogen and oxygen atoms in total. The Kier molecular flexibility index (Phi) is 3.32. The van der Waals surface area contributed by atoms with Crippen LogP contribution in [0.15, 0.2) is 36.8 Å². The van der Waals surface area contributed by atoms with E-state index in [0.29, 0.717) is 11.5 Å². The molecule has 0 bridgehead atoms. The molecule has 3 rings (SSSR count). The smallest absolute Gasteiger partial charge is 0.372 e. The Morgan fingerprint density at radius 1 is 1.18 bits per heavy atom. The van der Waals surface area contributed by atoms with E-state index in [2.05, 4.69) is 25.6 Å². The number of hydrogen-bond acceptors (Lipinski definition) is 5. The lowest BCUT2D eigenvalue weighted by atomic mass is 10.3. The van der Waals surface area contributed by atoms with Gasteiger partial charge in [0.05, 0.1) is 0 Å². The summed E-state index contributed by atoms with van der Waals surface area (Å²) in [6.07, 6.45) is -0.426. The Hall–Kier alpha value is -2.84. The Labute approximate surface area is 123 Å². The average molecular weight is 308 g/mol. The number of nitrogens with one attached hydrogen (secondary N) is 2. The summed E-state index contributed by atoms with van der Waals surface area (Å²) in [4.78, 5) is 11.7. The van der Waals surface area contributed by atoms with Gasteiger partial charge >= 0.3 is 6.18 Å². The minimum absolute atomic E-state index is 0.0542. The molecule has 3 heterocycles. The summed E-state index contributed by atoms with van der Waals surface area (Å²) >= 11 is 0. The molecule has 0 aliphatic carbocycles. The number of anilines is 3. The first kappa shape index (κ1) is 14.1. The molecule has 22 heavy (non-hydrogen) atoms. The third-order valence-electron chi connectivity index (χ3n) is 3.00. The summed E-state index contributed by atoms with van der Waals surface area (Å²) in [7, 11) is 1.37. The van der Waals surface area contributed by atoms with Gasteiger partial charge in [0.25, 0.3) is 0 Å². The molecule has 0 atom stereocenters. The third-order valence-corrected chi connectivity index (χ3v) is 3.00. The summed E-state index contributed by atoms with van der Waals surface area (Å²) < 4.78 is 40.2. The molecule has 0 spiro atoms. The number of aromatic nitrogens is 4. The van der Waals surface area contributed by atoms with Crippen LogP contribution >= 0.6 is 0 Å². The van der Waals surface area contributed by atoms with E-state index in [1.54, 1.807) is 35.0 Å². The first-order chi connectivity index (χ1) is 10.5. The molecule has 0 saturated heterocycles. The van der Waals surface area contributed by atoms with Crippen LogP contribution in [-0.4, -0.2) is 26.4 Å². The Balaban J connectivity index is 1.98. The second-order valence-electron chi connectivity index (χ2n) is 4.40. The third kappa shape index (κ3) is 2.52. The van der Waals surface area contributed by atoms with Crippen molar-refractivity contribution in [1.82, 2.24) is 19.4 Å². The topological polar surface area (TPSA) is 67.1 Å². The average Bonchev–Trinajstić information content (AvgIpc) is 2.95. The molecule has 0 saturated carbocycles. The van der Waals surface area contributed by atoms with Crippen molar-refractivity contribution in [3.8, 4) is 0 Å². The maximum absolute atomic E-state index is 12.8. The van der Waals surface area contributed by atoms with E-state index in [4.69, 9.17) is 0 Å². The van der Waals surface area contributed by atoms with Crippen molar-refractivity contribution >= 4 is 23.2 Å². The first-order valence-corrected chi connectivity index (χ1v) is 6.30. The molecule has 0 aliphatic rings. The molecule has 114 valence electrons. The van der Waals surface area contributed by atoms with Gasteiger partial charge < -0.3 is 10.6 Å². The zero-order valence-electron chi connectivity index (χ0n) is 11.4. The fourth-order valence-electron chi connectivity index (χ4n) is 2.00. The first-order valence-electron chi connectivity index (χ1n) is 6.30. The highest BCUT2D eigenvalue weighted by Crippen LogP contribution is 2.33. The zero-order chi connectivity index (χ0) is 15.7. The highest BCUT2D eigenvalue weighted by atomic mass is 19.4. The summed E-state index contributed by atoms with van der Waals surface area (Å²) in [6.45, 7) is 0. The van der Waals surface area contributed by atoms with Crippen molar-refractivity contribution in [2.24, 2.45) is 0 Å². The normalized spacial score (nSPS) is 11.6. The molecular weight excluding hydrogens is 297 g/mol. The van der Waals surface area contributed by atoms with Crippen molar-refractivity contribution in [1.29, 1.82) is 0 Å². The van der Waals surface area contributed by atoms with E-state index in [-0.39, 0.29) is 11.8 Å². The fraction of sp³-hybridized carbons (Fsp3) is 0.154. The van der Waals surface area contributed by atoms with Gasteiger partial charge in [-0.3, -0.25) is 4.40 Å². The van der Waals surface area contributed by atoms with E-state index >= 15 is 0 Å². The molecule has 0 aromatic carbocycles. The van der Waals surface area contributed by atoms with Gasteiger partial charge in [-0.15, -0.1) is 0 Å². The number of nitrogens with zero attached hydrogens (tertiary/aromatic N) is 4. The predicted octanol–water partition coefficient (Wildman–Crippen LogP) is 2.93. The van der Waals surface area contributed by atoms with E-state index in [1.165, 1.54) is 7.05 Å². The standard InChI is InChI=1S/C13H11F3N6/c1-17-11-8(13(14,15)16)7-19-12(21-11)20-10-4-2-3-9-18-5-6-22(9)10/h2-7H,1H3,(H2,17,19,20,21). The van der Waals surface area contributed by atoms with Gasteiger partial charge in [0, 0.05) is 25.6 Å². The Bertz CT molecular complexity index is 811. The number of rotatable bonds is 3. The Morgan fingerprint density at radius 3 is 2.73 bits per heavy atom. The molecular formula is C13H11F3N6. The maximum atomic E-state index is 12.8. The Morgan fingerprint density at radius 2 is 2.00 bits per heavy atom. The van der Waals surface area contributed by atoms with Crippen LogP contribution in [0.25, 0.3) is 5.65 Å².